The van der Waals surface area contributed by atoms with Crippen LogP contribution in [0, 0.1) is 5.92 Å². The van der Waals surface area contributed by atoms with Gasteiger partial charge in [-0.2, -0.15) is 0 Å². The Morgan fingerprint density at radius 1 is 1.47 bits per heavy atom. The van der Waals surface area contributed by atoms with E-state index in [9.17, 15) is 0 Å². The summed E-state index contributed by atoms with van der Waals surface area (Å²) >= 11 is 0. The van der Waals surface area contributed by atoms with Crippen LogP contribution in [0.4, 0.5) is 0 Å². The van der Waals surface area contributed by atoms with Gasteiger partial charge in [0, 0.05) is 12.6 Å². The van der Waals surface area contributed by atoms with Gasteiger partial charge in [0.15, 0.2) is 0 Å². The van der Waals surface area contributed by atoms with E-state index in [0.717, 1.165) is 12.3 Å². The van der Waals surface area contributed by atoms with Crippen molar-refractivity contribution in [3.8, 4) is 0 Å². The first-order valence-electron chi connectivity index (χ1n) is 5.67. The SMILES string of the molecule is CCC(NC/C=C/c1ccco1)C(C)C. The van der Waals surface area contributed by atoms with Crippen molar-refractivity contribution >= 4 is 6.08 Å². The molecule has 0 spiro atoms. The number of nitrogens with one attached hydrogen (secondary N) is 1. The minimum Gasteiger partial charge on any atom is -0.465 e. The fourth-order valence-corrected chi connectivity index (χ4v) is 1.63. The average molecular weight is 207 g/mol. The van der Waals surface area contributed by atoms with Gasteiger partial charge in [0.05, 0.1) is 6.26 Å². The Labute approximate surface area is 92.4 Å². The van der Waals surface area contributed by atoms with Gasteiger partial charge in [-0.1, -0.05) is 26.8 Å². The second-order valence-electron chi connectivity index (χ2n) is 4.08. The zero-order chi connectivity index (χ0) is 11.1. The zero-order valence-corrected chi connectivity index (χ0v) is 9.86. The molecular formula is C13H21NO. The molecule has 1 aromatic heterocycles. The van der Waals surface area contributed by atoms with Crippen LogP contribution < -0.4 is 5.32 Å². The second-order valence-corrected chi connectivity index (χ2v) is 4.08. The van der Waals surface area contributed by atoms with Crippen LogP contribution in [0.2, 0.25) is 0 Å². The van der Waals surface area contributed by atoms with Crippen LogP contribution in [0.5, 0.6) is 0 Å². The van der Waals surface area contributed by atoms with Gasteiger partial charge in [-0.3, -0.25) is 0 Å². The fourth-order valence-electron chi connectivity index (χ4n) is 1.63. The fraction of sp³-hybridized carbons (Fsp3) is 0.538. The summed E-state index contributed by atoms with van der Waals surface area (Å²) in [5.74, 6) is 1.60. The van der Waals surface area contributed by atoms with Crippen molar-refractivity contribution in [3.05, 3.63) is 30.2 Å². The molecule has 1 aromatic rings. The van der Waals surface area contributed by atoms with Crippen molar-refractivity contribution in [2.45, 2.75) is 33.2 Å². The lowest BCUT2D eigenvalue weighted by molar-refractivity contribution is 0.404. The van der Waals surface area contributed by atoms with Gasteiger partial charge in [0.1, 0.15) is 5.76 Å². The number of hydrogen-bond acceptors (Lipinski definition) is 2. The Bertz CT molecular complexity index is 275. The summed E-state index contributed by atoms with van der Waals surface area (Å²) in [6.45, 7) is 7.61. The Morgan fingerprint density at radius 2 is 2.27 bits per heavy atom. The molecule has 0 aliphatic heterocycles. The van der Waals surface area contributed by atoms with Gasteiger partial charge >= 0.3 is 0 Å². The molecule has 0 bridgehead atoms. The first kappa shape index (κ1) is 12.1. The Balaban J connectivity index is 2.26. The van der Waals surface area contributed by atoms with Crippen LogP contribution in [-0.2, 0) is 0 Å². The van der Waals surface area contributed by atoms with Crippen LogP contribution in [-0.4, -0.2) is 12.6 Å². The summed E-state index contributed by atoms with van der Waals surface area (Å²) in [7, 11) is 0. The number of furan rings is 1. The van der Waals surface area contributed by atoms with E-state index >= 15 is 0 Å². The van der Waals surface area contributed by atoms with E-state index in [-0.39, 0.29) is 0 Å². The van der Waals surface area contributed by atoms with E-state index < -0.39 is 0 Å². The minimum absolute atomic E-state index is 0.603. The van der Waals surface area contributed by atoms with E-state index in [0.29, 0.717) is 12.0 Å². The largest absolute Gasteiger partial charge is 0.465 e. The molecule has 1 N–H and O–H groups in total. The number of hydrogen-bond donors (Lipinski definition) is 1. The molecule has 2 nitrogen and oxygen atoms in total. The molecule has 0 amide bonds. The van der Waals surface area contributed by atoms with Crippen molar-refractivity contribution in [2.75, 3.05) is 6.54 Å². The number of rotatable bonds is 6. The maximum absolute atomic E-state index is 5.20. The third kappa shape index (κ3) is 4.34. The highest BCUT2D eigenvalue weighted by atomic mass is 16.3. The van der Waals surface area contributed by atoms with Crippen molar-refractivity contribution in [1.29, 1.82) is 0 Å². The van der Waals surface area contributed by atoms with E-state index in [1.807, 2.05) is 18.2 Å². The van der Waals surface area contributed by atoms with Crippen LogP contribution >= 0.6 is 0 Å². The molecule has 0 aliphatic rings. The maximum Gasteiger partial charge on any atom is 0.126 e. The highest BCUT2D eigenvalue weighted by Crippen LogP contribution is 2.05. The lowest BCUT2D eigenvalue weighted by Gasteiger charge is -2.19. The third-order valence-corrected chi connectivity index (χ3v) is 2.57. The lowest BCUT2D eigenvalue weighted by atomic mass is 10.0. The van der Waals surface area contributed by atoms with E-state index in [1.54, 1.807) is 6.26 Å². The molecule has 84 valence electrons. The van der Waals surface area contributed by atoms with Crippen LogP contribution in [0.25, 0.3) is 6.08 Å². The van der Waals surface area contributed by atoms with Crippen molar-refractivity contribution in [1.82, 2.24) is 5.32 Å². The molecule has 0 aromatic carbocycles. The highest BCUT2D eigenvalue weighted by Gasteiger charge is 2.07. The van der Waals surface area contributed by atoms with Crippen molar-refractivity contribution in [3.63, 3.8) is 0 Å². The highest BCUT2D eigenvalue weighted by molar-refractivity contribution is 5.42. The maximum atomic E-state index is 5.20. The average Bonchev–Trinajstić information content (AvgIpc) is 2.70. The van der Waals surface area contributed by atoms with Crippen molar-refractivity contribution in [2.24, 2.45) is 5.92 Å². The standard InChI is InChI=1S/C13H21NO/c1-4-13(11(2)3)14-9-5-7-12-8-6-10-15-12/h5-8,10-11,13-14H,4,9H2,1-3H3/b7-5+. The summed E-state index contributed by atoms with van der Waals surface area (Å²) in [5, 5.41) is 3.50. The molecule has 2 heteroatoms. The monoisotopic (exact) mass is 207 g/mol. The first-order valence-corrected chi connectivity index (χ1v) is 5.67. The van der Waals surface area contributed by atoms with Crippen LogP contribution in [0.1, 0.15) is 33.0 Å². The minimum atomic E-state index is 0.603. The Hall–Kier alpha value is -1.02. The predicted molar refractivity (Wildman–Crippen MR) is 64.7 cm³/mol. The van der Waals surface area contributed by atoms with Gasteiger partial charge in [0.2, 0.25) is 0 Å². The predicted octanol–water partition coefficient (Wildman–Crippen LogP) is 3.32. The summed E-state index contributed by atoms with van der Waals surface area (Å²) < 4.78 is 5.20. The van der Waals surface area contributed by atoms with Gasteiger partial charge in [-0.25, -0.2) is 0 Å². The van der Waals surface area contributed by atoms with Crippen molar-refractivity contribution < 1.29 is 4.42 Å². The summed E-state index contributed by atoms with van der Waals surface area (Å²) in [4.78, 5) is 0. The van der Waals surface area contributed by atoms with Crippen LogP contribution in [0.15, 0.2) is 28.9 Å². The van der Waals surface area contributed by atoms with E-state index in [2.05, 4.69) is 32.2 Å². The molecule has 0 fully saturated rings. The smallest absolute Gasteiger partial charge is 0.126 e. The Morgan fingerprint density at radius 3 is 2.80 bits per heavy atom. The second kappa shape index (κ2) is 6.46. The molecule has 1 unspecified atom stereocenters. The van der Waals surface area contributed by atoms with Gasteiger partial charge in [0.25, 0.3) is 0 Å². The summed E-state index contributed by atoms with van der Waals surface area (Å²) in [5.41, 5.74) is 0. The molecule has 1 rings (SSSR count). The van der Waals surface area contributed by atoms with Crippen LogP contribution in [0.3, 0.4) is 0 Å². The lowest BCUT2D eigenvalue weighted by Crippen LogP contribution is -2.33. The van der Waals surface area contributed by atoms with Gasteiger partial charge in [-0.05, 0) is 30.5 Å². The molecule has 1 heterocycles. The molecule has 0 saturated heterocycles. The van der Waals surface area contributed by atoms with Gasteiger partial charge < -0.3 is 9.73 Å². The third-order valence-electron chi connectivity index (χ3n) is 2.57. The molecule has 1 atom stereocenters. The Kier molecular flexibility index (Phi) is 5.19. The van der Waals surface area contributed by atoms with Gasteiger partial charge in [-0.15, -0.1) is 0 Å². The first-order chi connectivity index (χ1) is 7.24. The zero-order valence-electron chi connectivity index (χ0n) is 9.86. The molecular weight excluding hydrogens is 186 g/mol. The summed E-state index contributed by atoms with van der Waals surface area (Å²) in [6.07, 6.45) is 6.96. The quantitative estimate of drug-likeness (QED) is 0.774. The summed E-state index contributed by atoms with van der Waals surface area (Å²) in [6, 6.07) is 4.46. The molecule has 0 aliphatic carbocycles. The molecule has 15 heavy (non-hydrogen) atoms. The molecule has 0 saturated carbocycles. The normalized spacial score (nSPS) is 13.9. The topological polar surface area (TPSA) is 25.2 Å². The molecule has 0 radical (unpaired) electrons. The van der Waals surface area contributed by atoms with E-state index in [4.69, 9.17) is 4.42 Å². The van der Waals surface area contributed by atoms with E-state index in [1.165, 1.54) is 6.42 Å².